The molecule has 0 aliphatic carbocycles. The molecule has 0 bridgehead atoms. The molecule has 1 aromatic carbocycles. The number of rotatable bonds is 10. The number of hydrogen-bond acceptors (Lipinski definition) is 6. The first-order chi connectivity index (χ1) is 13.9. The molecule has 1 saturated heterocycles. The van der Waals surface area contributed by atoms with E-state index in [2.05, 4.69) is 20.5 Å². The highest BCUT2D eigenvalue weighted by Crippen LogP contribution is 2.19. The smallest absolute Gasteiger partial charge is 0.191 e. The Labute approximate surface area is 197 Å². The monoisotopic (exact) mass is 536 g/mol. The average molecular weight is 536 g/mol. The number of benzene rings is 1. The molecule has 0 amide bonds. The maximum absolute atomic E-state index is 10.7. The summed E-state index contributed by atoms with van der Waals surface area (Å²) in [6.45, 7) is 11.2. The van der Waals surface area contributed by atoms with Crippen LogP contribution in [0.1, 0.15) is 20.8 Å². The number of ether oxygens (including phenoxy) is 3. The van der Waals surface area contributed by atoms with Crippen LogP contribution in [-0.4, -0.2) is 87.3 Å². The van der Waals surface area contributed by atoms with Gasteiger partial charge < -0.3 is 30.0 Å². The molecule has 172 valence electrons. The zero-order chi connectivity index (χ0) is 21.1. The summed E-state index contributed by atoms with van der Waals surface area (Å²) in [5.41, 5.74) is -0.900. The van der Waals surface area contributed by atoms with Crippen molar-refractivity contribution in [2.45, 2.75) is 32.5 Å². The van der Waals surface area contributed by atoms with Crippen LogP contribution in [0.15, 0.2) is 29.3 Å². The summed E-state index contributed by atoms with van der Waals surface area (Å²) in [5.74, 6) is 2.19. The van der Waals surface area contributed by atoms with Crippen molar-refractivity contribution < 1.29 is 19.3 Å². The Morgan fingerprint density at radius 3 is 2.67 bits per heavy atom. The van der Waals surface area contributed by atoms with Gasteiger partial charge >= 0.3 is 0 Å². The normalized spacial score (nSPS) is 18.0. The third-order valence-corrected chi connectivity index (χ3v) is 4.53. The second kappa shape index (κ2) is 13.9. The number of nitrogens with zero attached hydrogens (tertiary/aromatic N) is 2. The van der Waals surface area contributed by atoms with Crippen LogP contribution in [0.5, 0.6) is 11.5 Å². The lowest BCUT2D eigenvalue weighted by molar-refractivity contribution is -0.0180. The molecule has 1 aromatic rings. The van der Waals surface area contributed by atoms with Gasteiger partial charge in [0.25, 0.3) is 0 Å². The van der Waals surface area contributed by atoms with Crippen LogP contribution in [0.2, 0.25) is 0 Å². The minimum absolute atomic E-state index is 0. The van der Waals surface area contributed by atoms with Crippen LogP contribution in [0.4, 0.5) is 0 Å². The fourth-order valence-corrected chi connectivity index (χ4v) is 3.07. The molecule has 30 heavy (non-hydrogen) atoms. The standard InChI is InChI=1S/C21H36N4O4.HI/c1-5-22-20(24-15-21(3,26)16-25-9-11-28-12-10-25)23-14-17(2)29-19-8-6-7-18(13-19)27-4;/h6-8,13,17,26H,5,9-12,14-16H2,1-4H3,(H2,22,23,24);1H. The number of methoxy groups -OCH3 is 1. The topological polar surface area (TPSA) is 87.6 Å². The molecular formula is C21H37IN4O4. The molecule has 8 nitrogen and oxygen atoms in total. The first-order valence-corrected chi connectivity index (χ1v) is 10.3. The third kappa shape index (κ3) is 10.1. The fourth-order valence-electron chi connectivity index (χ4n) is 3.07. The number of guanidine groups is 1. The minimum Gasteiger partial charge on any atom is -0.497 e. The van der Waals surface area contributed by atoms with Gasteiger partial charge in [-0.1, -0.05) is 6.07 Å². The molecule has 0 saturated carbocycles. The quantitative estimate of drug-likeness (QED) is 0.239. The molecular weight excluding hydrogens is 499 g/mol. The fraction of sp³-hybridized carbons (Fsp3) is 0.667. The number of morpholine rings is 1. The Bertz CT molecular complexity index is 639. The van der Waals surface area contributed by atoms with Crippen LogP contribution in [0.25, 0.3) is 0 Å². The lowest BCUT2D eigenvalue weighted by Gasteiger charge is -2.33. The zero-order valence-corrected chi connectivity index (χ0v) is 20.8. The van der Waals surface area contributed by atoms with Gasteiger partial charge in [0.15, 0.2) is 5.96 Å². The van der Waals surface area contributed by atoms with E-state index in [0.29, 0.717) is 38.8 Å². The molecule has 1 heterocycles. The number of hydrogen-bond donors (Lipinski definition) is 3. The van der Waals surface area contributed by atoms with Gasteiger partial charge in [-0.05, 0) is 32.9 Å². The van der Waals surface area contributed by atoms with Crippen molar-refractivity contribution in [1.29, 1.82) is 0 Å². The molecule has 1 aliphatic heterocycles. The maximum atomic E-state index is 10.7. The van der Waals surface area contributed by atoms with Crippen LogP contribution >= 0.6 is 24.0 Å². The number of aliphatic hydroxyl groups is 1. The zero-order valence-electron chi connectivity index (χ0n) is 18.5. The van der Waals surface area contributed by atoms with Crippen molar-refractivity contribution in [3.63, 3.8) is 0 Å². The molecule has 2 unspecified atom stereocenters. The van der Waals surface area contributed by atoms with E-state index in [-0.39, 0.29) is 30.1 Å². The Kier molecular flexibility index (Phi) is 12.4. The van der Waals surface area contributed by atoms with Crippen molar-refractivity contribution >= 4 is 29.9 Å². The van der Waals surface area contributed by atoms with Crippen molar-refractivity contribution in [3.05, 3.63) is 24.3 Å². The van der Waals surface area contributed by atoms with Gasteiger partial charge in [0.2, 0.25) is 0 Å². The van der Waals surface area contributed by atoms with Crippen LogP contribution < -0.4 is 20.1 Å². The largest absolute Gasteiger partial charge is 0.497 e. The summed E-state index contributed by atoms with van der Waals surface area (Å²) in [7, 11) is 1.64. The predicted octanol–water partition coefficient (Wildman–Crippen LogP) is 1.72. The predicted molar refractivity (Wildman–Crippen MR) is 130 cm³/mol. The SMILES string of the molecule is CCNC(=NCC(C)(O)CN1CCOCC1)NCC(C)Oc1cccc(OC)c1.I. The lowest BCUT2D eigenvalue weighted by Crippen LogP contribution is -2.48. The van der Waals surface area contributed by atoms with E-state index in [1.165, 1.54) is 0 Å². The second-order valence-electron chi connectivity index (χ2n) is 7.57. The van der Waals surface area contributed by atoms with Gasteiger partial charge in [0.1, 0.15) is 17.6 Å². The van der Waals surface area contributed by atoms with Crippen LogP contribution in [-0.2, 0) is 4.74 Å². The van der Waals surface area contributed by atoms with Crippen molar-refractivity contribution in [1.82, 2.24) is 15.5 Å². The van der Waals surface area contributed by atoms with Gasteiger partial charge in [-0.15, -0.1) is 24.0 Å². The molecule has 3 N–H and O–H groups in total. The number of β-amino-alcohol motifs (C(OH)–C–C–N with tert-alkyl or cyclic N) is 1. The highest BCUT2D eigenvalue weighted by atomic mass is 127. The van der Waals surface area contributed by atoms with E-state index in [1.807, 2.05) is 45.0 Å². The van der Waals surface area contributed by atoms with Gasteiger partial charge in [0, 0.05) is 32.2 Å². The number of nitrogens with one attached hydrogen (secondary N) is 2. The average Bonchev–Trinajstić information content (AvgIpc) is 2.70. The van der Waals surface area contributed by atoms with Crippen LogP contribution in [0, 0.1) is 0 Å². The van der Waals surface area contributed by atoms with E-state index >= 15 is 0 Å². The first-order valence-electron chi connectivity index (χ1n) is 10.3. The molecule has 9 heteroatoms. The van der Waals surface area contributed by atoms with Gasteiger partial charge in [-0.25, -0.2) is 0 Å². The molecule has 1 aliphatic rings. The summed E-state index contributed by atoms with van der Waals surface area (Å²) < 4.78 is 16.5. The van der Waals surface area contributed by atoms with E-state index in [9.17, 15) is 5.11 Å². The second-order valence-corrected chi connectivity index (χ2v) is 7.57. The van der Waals surface area contributed by atoms with Gasteiger partial charge in [-0.2, -0.15) is 0 Å². The van der Waals surface area contributed by atoms with Crippen molar-refractivity contribution in [2.24, 2.45) is 4.99 Å². The van der Waals surface area contributed by atoms with E-state index in [0.717, 1.165) is 31.1 Å². The molecule has 0 radical (unpaired) electrons. The Hall–Kier alpha value is -1.30. The summed E-state index contributed by atoms with van der Waals surface area (Å²) in [5, 5.41) is 17.2. The maximum Gasteiger partial charge on any atom is 0.191 e. The third-order valence-electron chi connectivity index (χ3n) is 4.53. The highest BCUT2D eigenvalue weighted by molar-refractivity contribution is 14.0. The van der Waals surface area contributed by atoms with Crippen molar-refractivity contribution in [3.8, 4) is 11.5 Å². The molecule has 1 fully saturated rings. The highest BCUT2D eigenvalue weighted by Gasteiger charge is 2.25. The summed E-state index contributed by atoms with van der Waals surface area (Å²) in [6.07, 6.45) is -0.0696. The molecule has 0 aromatic heterocycles. The van der Waals surface area contributed by atoms with Gasteiger partial charge in [0.05, 0.1) is 39.0 Å². The van der Waals surface area contributed by atoms with Crippen molar-refractivity contribution in [2.75, 3.05) is 59.6 Å². The summed E-state index contributed by atoms with van der Waals surface area (Å²) >= 11 is 0. The Morgan fingerprint density at radius 1 is 1.30 bits per heavy atom. The van der Waals surface area contributed by atoms with Crippen LogP contribution in [0.3, 0.4) is 0 Å². The number of aliphatic imine (C=N–C) groups is 1. The number of halogens is 1. The first kappa shape index (κ1) is 26.7. The lowest BCUT2D eigenvalue weighted by atomic mass is 10.1. The Balaban J connectivity index is 0.00000450. The van der Waals surface area contributed by atoms with E-state index < -0.39 is 5.60 Å². The summed E-state index contributed by atoms with van der Waals surface area (Å²) in [6, 6.07) is 7.55. The Morgan fingerprint density at radius 2 is 2.00 bits per heavy atom. The minimum atomic E-state index is -0.900. The van der Waals surface area contributed by atoms with E-state index in [1.54, 1.807) is 7.11 Å². The molecule has 0 spiro atoms. The molecule has 2 rings (SSSR count). The van der Waals surface area contributed by atoms with E-state index in [4.69, 9.17) is 14.2 Å². The molecule has 2 atom stereocenters. The van der Waals surface area contributed by atoms with Gasteiger partial charge in [-0.3, -0.25) is 9.89 Å². The summed E-state index contributed by atoms with van der Waals surface area (Å²) in [4.78, 5) is 6.78.